The van der Waals surface area contributed by atoms with Gasteiger partial charge in [-0.1, -0.05) is 31.9 Å². The zero-order valence-electron chi connectivity index (χ0n) is 16.7. The Morgan fingerprint density at radius 2 is 1.85 bits per heavy atom. The van der Waals surface area contributed by atoms with Crippen molar-refractivity contribution in [1.82, 2.24) is 4.90 Å². The van der Waals surface area contributed by atoms with Gasteiger partial charge in [0.15, 0.2) is 0 Å². The Kier molecular flexibility index (Phi) is 7.57. The van der Waals surface area contributed by atoms with Crippen LogP contribution in [0, 0.1) is 5.92 Å². The number of likely N-dealkylation sites (tertiary alicyclic amines) is 1. The molecule has 1 saturated carbocycles. The summed E-state index contributed by atoms with van der Waals surface area (Å²) < 4.78 is 6.23. The highest BCUT2D eigenvalue weighted by atomic mass is 16.5. The van der Waals surface area contributed by atoms with Crippen molar-refractivity contribution >= 4 is 5.97 Å². The number of piperidine rings is 1. The van der Waals surface area contributed by atoms with Crippen LogP contribution in [0.25, 0.3) is 0 Å². The molecule has 27 heavy (non-hydrogen) atoms. The number of carboxylic acids is 1. The summed E-state index contributed by atoms with van der Waals surface area (Å²) in [5.41, 5.74) is 1.34. The number of carbonyl (C=O) groups is 1. The first-order chi connectivity index (χ1) is 13.2. The van der Waals surface area contributed by atoms with Crippen LogP contribution in [0.5, 0.6) is 5.75 Å². The number of rotatable bonds is 8. The average molecular weight is 374 g/mol. The van der Waals surface area contributed by atoms with E-state index < -0.39 is 5.97 Å². The summed E-state index contributed by atoms with van der Waals surface area (Å²) in [5, 5.41) is 8.89. The molecule has 1 aliphatic carbocycles. The van der Waals surface area contributed by atoms with Crippen molar-refractivity contribution in [2.75, 3.05) is 13.1 Å². The topological polar surface area (TPSA) is 49.8 Å². The fraction of sp³-hybridized carbons (Fsp3) is 0.696. The van der Waals surface area contributed by atoms with Crippen LogP contribution in [0.4, 0.5) is 0 Å². The molecule has 1 unspecified atom stereocenters. The number of benzene rings is 1. The minimum absolute atomic E-state index is 0.260. The minimum Gasteiger partial charge on any atom is -0.490 e. The lowest BCUT2D eigenvalue weighted by Gasteiger charge is -2.36. The Labute approximate surface area is 163 Å². The molecule has 1 saturated heterocycles. The van der Waals surface area contributed by atoms with Crippen molar-refractivity contribution in [3.8, 4) is 5.75 Å². The molecule has 0 bridgehead atoms. The quantitative estimate of drug-likeness (QED) is 0.660. The monoisotopic (exact) mass is 373 g/mol. The van der Waals surface area contributed by atoms with E-state index in [4.69, 9.17) is 9.84 Å². The van der Waals surface area contributed by atoms with E-state index in [9.17, 15) is 4.79 Å². The fourth-order valence-corrected chi connectivity index (χ4v) is 4.69. The lowest BCUT2D eigenvalue weighted by atomic mass is 9.86. The SMILES string of the molecule is CCC1CCC(Oc2ccc(C3CCCCN3CCCC(=O)O)cc2)CC1. The molecule has 1 aromatic carbocycles. The third kappa shape index (κ3) is 5.97. The highest BCUT2D eigenvalue weighted by molar-refractivity contribution is 5.66. The fourth-order valence-electron chi connectivity index (χ4n) is 4.69. The van der Waals surface area contributed by atoms with Gasteiger partial charge in [-0.25, -0.2) is 0 Å². The van der Waals surface area contributed by atoms with Crippen LogP contribution in [-0.2, 0) is 4.79 Å². The van der Waals surface area contributed by atoms with Crippen molar-refractivity contribution in [2.24, 2.45) is 5.92 Å². The normalized spacial score (nSPS) is 26.6. The largest absolute Gasteiger partial charge is 0.490 e. The molecule has 1 aliphatic heterocycles. The van der Waals surface area contributed by atoms with E-state index in [1.807, 2.05) is 0 Å². The van der Waals surface area contributed by atoms with E-state index in [2.05, 4.69) is 36.1 Å². The molecule has 1 aromatic rings. The second-order valence-electron chi connectivity index (χ2n) is 8.28. The van der Waals surface area contributed by atoms with E-state index in [1.54, 1.807) is 0 Å². The molecule has 1 atom stereocenters. The number of hydrogen-bond acceptors (Lipinski definition) is 3. The Morgan fingerprint density at radius 1 is 1.11 bits per heavy atom. The van der Waals surface area contributed by atoms with Crippen molar-refractivity contribution in [3.63, 3.8) is 0 Å². The molecule has 4 heteroatoms. The Hall–Kier alpha value is -1.55. The second-order valence-corrected chi connectivity index (χ2v) is 8.28. The summed E-state index contributed by atoms with van der Waals surface area (Å²) in [7, 11) is 0. The van der Waals surface area contributed by atoms with Crippen LogP contribution < -0.4 is 4.74 Å². The van der Waals surface area contributed by atoms with Crippen LogP contribution in [0.15, 0.2) is 24.3 Å². The number of ether oxygens (including phenoxy) is 1. The van der Waals surface area contributed by atoms with Gasteiger partial charge in [-0.15, -0.1) is 0 Å². The van der Waals surface area contributed by atoms with Gasteiger partial charge in [-0.2, -0.15) is 0 Å². The minimum atomic E-state index is -0.696. The summed E-state index contributed by atoms with van der Waals surface area (Å²) in [6, 6.07) is 9.11. The third-order valence-corrected chi connectivity index (χ3v) is 6.39. The standard InChI is InChI=1S/C23H35NO3/c1-2-18-8-12-20(13-9-18)27-21-14-10-19(11-15-21)22-6-3-4-16-24(22)17-5-7-23(25)26/h10-11,14-15,18,20,22H,2-9,12-13,16-17H2,1H3,(H,25,26). The Bertz CT molecular complexity index is 578. The lowest BCUT2D eigenvalue weighted by Crippen LogP contribution is -2.34. The van der Waals surface area contributed by atoms with Crippen molar-refractivity contribution in [2.45, 2.75) is 83.3 Å². The molecule has 1 heterocycles. The highest BCUT2D eigenvalue weighted by Gasteiger charge is 2.24. The van der Waals surface area contributed by atoms with Crippen LogP contribution in [0.1, 0.15) is 82.7 Å². The van der Waals surface area contributed by atoms with Gasteiger partial charge < -0.3 is 9.84 Å². The number of aliphatic carboxylic acids is 1. The first-order valence-electron chi connectivity index (χ1n) is 10.9. The van der Waals surface area contributed by atoms with Crippen LogP contribution in [-0.4, -0.2) is 35.2 Å². The maximum Gasteiger partial charge on any atom is 0.303 e. The highest BCUT2D eigenvalue weighted by Crippen LogP contribution is 2.33. The molecule has 150 valence electrons. The van der Waals surface area contributed by atoms with Gasteiger partial charge in [-0.05, 0) is 81.6 Å². The first kappa shape index (κ1) is 20.2. The van der Waals surface area contributed by atoms with Crippen LogP contribution >= 0.6 is 0 Å². The van der Waals surface area contributed by atoms with E-state index in [1.165, 1.54) is 50.5 Å². The molecule has 0 spiro atoms. The number of carboxylic acid groups (broad SMARTS) is 1. The summed E-state index contributed by atoms with van der Waals surface area (Å²) in [6.07, 6.45) is 11.2. The lowest BCUT2D eigenvalue weighted by molar-refractivity contribution is -0.137. The van der Waals surface area contributed by atoms with E-state index in [-0.39, 0.29) is 6.42 Å². The van der Waals surface area contributed by atoms with Crippen molar-refractivity contribution in [3.05, 3.63) is 29.8 Å². The molecular weight excluding hydrogens is 338 g/mol. The van der Waals surface area contributed by atoms with Gasteiger partial charge in [0.05, 0.1) is 6.10 Å². The average Bonchev–Trinajstić information content (AvgIpc) is 2.69. The predicted octanol–water partition coefficient (Wildman–Crippen LogP) is 5.43. The molecule has 0 aromatic heterocycles. The van der Waals surface area contributed by atoms with E-state index in [0.29, 0.717) is 12.1 Å². The Balaban J connectivity index is 1.54. The molecular formula is C23H35NO3. The summed E-state index contributed by atoms with van der Waals surface area (Å²) >= 11 is 0. The summed E-state index contributed by atoms with van der Waals surface area (Å²) in [4.78, 5) is 13.3. The molecule has 4 nitrogen and oxygen atoms in total. The van der Waals surface area contributed by atoms with Gasteiger partial charge in [0.2, 0.25) is 0 Å². The second kappa shape index (κ2) is 10.1. The molecule has 0 amide bonds. The van der Waals surface area contributed by atoms with E-state index >= 15 is 0 Å². The van der Waals surface area contributed by atoms with Gasteiger partial charge in [-0.3, -0.25) is 9.69 Å². The smallest absolute Gasteiger partial charge is 0.303 e. The maximum absolute atomic E-state index is 10.8. The van der Waals surface area contributed by atoms with Gasteiger partial charge >= 0.3 is 5.97 Å². The predicted molar refractivity (Wildman–Crippen MR) is 108 cm³/mol. The first-order valence-corrected chi connectivity index (χ1v) is 10.9. The third-order valence-electron chi connectivity index (χ3n) is 6.39. The number of hydrogen-bond donors (Lipinski definition) is 1. The molecule has 1 N–H and O–H groups in total. The molecule has 2 aliphatic rings. The van der Waals surface area contributed by atoms with Gasteiger partial charge in [0.25, 0.3) is 0 Å². The Morgan fingerprint density at radius 3 is 2.52 bits per heavy atom. The van der Waals surface area contributed by atoms with E-state index in [0.717, 1.165) is 37.6 Å². The van der Waals surface area contributed by atoms with Crippen LogP contribution in [0.2, 0.25) is 0 Å². The van der Waals surface area contributed by atoms with Crippen molar-refractivity contribution < 1.29 is 14.6 Å². The zero-order chi connectivity index (χ0) is 19.1. The summed E-state index contributed by atoms with van der Waals surface area (Å²) in [6.45, 7) is 4.24. The van der Waals surface area contributed by atoms with Crippen molar-refractivity contribution in [1.29, 1.82) is 0 Å². The van der Waals surface area contributed by atoms with Crippen LogP contribution in [0.3, 0.4) is 0 Å². The van der Waals surface area contributed by atoms with Gasteiger partial charge in [0.1, 0.15) is 5.75 Å². The maximum atomic E-state index is 10.8. The molecule has 3 rings (SSSR count). The molecule has 0 radical (unpaired) electrons. The zero-order valence-corrected chi connectivity index (χ0v) is 16.7. The van der Waals surface area contributed by atoms with Gasteiger partial charge in [0, 0.05) is 12.5 Å². The molecule has 2 fully saturated rings. The summed E-state index contributed by atoms with van der Waals surface area (Å²) in [5.74, 6) is 1.19. The number of nitrogens with zero attached hydrogens (tertiary/aromatic N) is 1.